The van der Waals surface area contributed by atoms with Crippen LogP contribution in [0.5, 0.6) is 0 Å². The van der Waals surface area contributed by atoms with E-state index in [1.54, 1.807) is 11.3 Å². The van der Waals surface area contributed by atoms with E-state index in [1.807, 2.05) is 6.08 Å². The summed E-state index contributed by atoms with van der Waals surface area (Å²) in [6, 6.07) is 1.50. The molecule has 0 N–H and O–H groups in total. The quantitative estimate of drug-likeness (QED) is 0.777. The Kier molecular flexibility index (Phi) is 3.50. The zero-order chi connectivity index (χ0) is 12.5. The second-order valence-electron chi connectivity index (χ2n) is 5.32. The minimum absolute atomic E-state index is 0.743. The van der Waals surface area contributed by atoms with Crippen LogP contribution in [-0.4, -0.2) is 46.5 Å². The number of hydrogen-bond acceptors (Lipinski definition) is 4. The lowest BCUT2D eigenvalue weighted by Crippen LogP contribution is -2.36. The van der Waals surface area contributed by atoms with Crippen LogP contribution in [0.25, 0.3) is 0 Å². The fourth-order valence-electron chi connectivity index (χ4n) is 3.44. The van der Waals surface area contributed by atoms with Crippen LogP contribution in [0, 0.1) is 6.92 Å². The molecular formula is C14H21N3S. The van der Waals surface area contributed by atoms with E-state index in [1.165, 1.54) is 36.6 Å². The van der Waals surface area contributed by atoms with Gasteiger partial charge in [-0.15, -0.1) is 17.9 Å². The van der Waals surface area contributed by atoms with Crippen molar-refractivity contribution in [2.75, 3.05) is 19.6 Å². The Balaban J connectivity index is 1.64. The Labute approximate surface area is 113 Å². The van der Waals surface area contributed by atoms with E-state index >= 15 is 0 Å². The van der Waals surface area contributed by atoms with Gasteiger partial charge in [-0.25, -0.2) is 4.98 Å². The predicted octanol–water partition coefficient (Wildman–Crippen LogP) is 2.29. The van der Waals surface area contributed by atoms with Gasteiger partial charge in [-0.3, -0.25) is 9.80 Å². The first kappa shape index (κ1) is 12.3. The van der Waals surface area contributed by atoms with Crippen molar-refractivity contribution in [3.63, 3.8) is 0 Å². The molecule has 2 saturated heterocycles. The highest BCUT2D eigenvalue weighted by Gasteiger charge is 2.41. The van der Waals surface area contributed by atoms with Gasteiger partial charge >= 0.3 is 0 Å². The second-order valence-corrected chi connectivity index (χ2v) is 6.39. The summed E-state index contributed by atoms with van der Waals surface area (Å²) in [6.07, 6.45) is 4.65. The Bertz CT molecular complexity index is 428. The number of hydrogen-bond donors (Lipinski definition) is 0. The van der Waals surface area contributed by atoms with Gasteiger partial charge in [0.2, 0.25) is 0 Å². The Morgan fingerprint density at radius 1 is 1.39 bits per heavy atom. The molecule has 0 aromatic carbocycles. The summed E-state index contributed by atoms with van der Waals surface area (Å²) in [5, 5.41) is 3.39. The molecule has 2 aliphatic rings. The van der Waals surface area contributed by atoms with Gasteiger partial charge in [0.05, 0.1) is 10.7 Å². The lowest BCUT2D eigenvalue weighted by Gasteiger charge is -2.24. The Morgan fingerprint density at radius 3 is 2.78 bits per heavy atom. The first-order chi connectivity index (χ1) is 8.78. The van der Waals surface area contributed by atoms with Crippen molar-refractivity contribution in [2.45, 2.75) is 38.4 Å². The number of rotatable bonds is 4. The van der Waals surface area contributed by atoms with Crippen LogP contribution in [0.4, 0.5) is 0 Å². The Morgan fingerprint density at radius 2 is 2.11 bits per heavy atom. The molecule has 18 heavy (non-hydrogen) atoms. The zero-order valence-corrected chi connectivity index (χ0v) is 11.8. The van der Waals surface area contributed by atoms with Gasteiger partial charge in [-0.05, 0) is 19.8 Å². The molecule has 1 aromatic rings. The van der Waals surface area contributed by atoms with Crippen LogP contribution in [-0.2, 0) is 6.54 Å². The molecule has 3 nitrogen and oxygen atoms in total. The van der Waals surface area contributed by atoms with E-state index in [0.717, 1.165) is 25.2 Å². The summed E-state index contributed by atoms with van der Waals surface area (Å²) < 4.78 is 0. The summed E-state index contributed by atoms with van der Waals surface area (Å²) in [4.78, 5) is 9.81. The molecule has 0 spiro atoms. The number of fused-ring (bicyclic) bond motifs is 1. The van der Waals surface area contributed by atoms with Gasteiger partial charge in [-0.2, -0.15) is 0 Å². The maximum absolute atomic E-state index is 4.59. The van der Waals surface area contributed by atoms with E-state index in [0.29, 0.717) is 0 Å². The molecular weight excluding hydrogens is 242 g/mol. The third-order valence-corrected chi connectivity index (χ3v) is 5.02. The summed E-state index contributed by atoms with van der Waals surface area (Å²) in [7, 11) is 0. The van der Waals surface area contributed by atoms with E-state index in [-0.39, 0.29) is 0 Å². The summed E-state index contributed by atoms with van der Waals surface area (Å²) in [6.45, 7) is 10.5. The SMILES string of the molecule is C=CCN1CC[C@@H]2[C@H]1CCN2Cc1csc(C)n1. The normalized spacial score (nSPS) is 28.7. The van der Waals surface area contributed by atoms with Crippen molar-refractivity contribution < 1.29 is 0 Å². The topological polar surface area (TPSA) is 19.4 Å². The molecule has 0 unspecified atom stereocenters. The zero-order valence-electron chi connectivity index (χ0n) is 11.0. The lowest BCUT2D eigenvalue weighted by atomic mass is 10.1. The van der Waals surface area contributed by atoms with Gasteiger partial charge in [-0.1, -0.05) is 6.08 Å². The first-order valence-corrected chi connectivity index (χ1v) is 7.66. The van der Waals surface area contributed by atoms with Crippen molar-refractivity contribution in [3.8, 4) is 0 Å². The van der Waals surface area contributed by atoms with E-state index in [2.05, 4.69) is 33.7 Å². The lowest BCUT2D eigenvalue weighted by molar-refractivity contribution is 0.224. The maximum Gasteiger partial charge on any atom is 0.0897 e. The maximum atomic E-state index is 4.59. The summed E-state index contributed by atoms with van der Waals surface area (Å²) in [5.41, 5.74) is 1.25. The smallest absolute Gasteiger partial charge is 0.0897 e. The number of aryl methyl sites for hydroxylation is 1. The van der Waals surface area contributed by atoms with Gasteiger partial charge in [0.15, 0.2) is 0 Å². The molecule has 98 valence electrons. The number of nitrogens with zero attached hydrogens (tertiary/aromatic N) is 3. The summed E-state index contributed by atoms with van der Waals surface area (Å²) >= 11 is 1.76. The highest BCUT2D eigenvalue weighted by molar-refractivity contribution is 7.09. The molecule has 2 atom stereocenters. The van der Waals surface area contributed by atoms with Crippen molar-refractivity contribution in [1.29, 1.82) is 0 Å². The van der Waals surface area contributed by atoms with Gasteiger partial charge < -0.3 is 0 Å². The van der Waals surface area contributed by atoms with Crippen LogP contribution in [0.2, 0.25) is 0 Å². The largest absolute Gasteiger partial charge is 0.295 e. The molecule has 2 fully saturated rings. The van der Waals surface area contributed by atoms with Crippen molar-refractivity contribution >= 4 is 11.3 Å². The molecule has 0 saturated carbocycles. The van der Waals surface area contributed by atoms with Crippen LogP contribution < -0.4 is 0 Å². The van der Waals surface area contributed by atoms with Crippen LogP contribution in [0.1, 0.15) is 23.5 Å². The monoisotopic (exact) mass is 263 g/mol. The Hall–Kier alpha value is -0.710. The number of thiazole rings is 1. The van der Waals surface area contributed by atoms with E-state index in [4.69, 9.17) is 0 Å². The molecule has 3 heterocycles. The van der Waals surface area contributed by atoms with Gasteiger partial charge in [0.1, 0.15) is 0 Å². The van der Waals surface area contributed by atoms with Crippen molar-refractivity contribution in [1.82, 2.24) is 14.8 Å². The molecule has 0 amide bonds. The predicted molar refractivity (Wildman–Crippen MR) is 75.8 cm³/mol. The molecule has 0 aliphatic carbocycles. The van der Waals surface area contributed by atoms with Crippen molar-refractivity contribution in [2.24, 2.45) is 0 Å². The highest BCUT2D eigenvalue weighted by atomic mass is 32.1. The average Bonchev–Trinajstić information content (AvgIpc) is 3.01. The molecule has 2 aliphatic heterocycles. The highest BCUT2D eigenvalue weighted by Crippen LogP contribution is 2.32. The van der Waals surface area contributed by atoms with E-state index in [9.17, 15) is 0 Å². The minimum Gasteiger partial charge on any atom is -0.295 e. The van der Waals surface area contributed by atoms with Crippen LogP contribution in [0.15, 0.2) is 18.0 Å². The second kappa shape index (κ2) is 5.11. The first-order valence-electron chi connectivity index (χ1n) is 6.78. The molecule has 0 bridgehead atoms. The van der Waals surface area contributed by atoms with Crippen LogP contribution in [0.3, 0.4) is 0 Å². The average molecular weight is 263 g/mol. The third-order valence-electron chi connectivity index (χ3n) is 4.20. The number of likely N-dealkylation sites (tertiary alicyclic amines) is 2. The standard InChI is InChI=1S/C14H21N3S/c1-3-6-16-7-4-14-13(16)5-8-17(14)9-12-10-18-11(2)15-12/h3,10,13-14H,1,4-9H2,2H3/t13-,14-/m1/s1. The molecule has 0 radical (unpaired) electrons. The molecule has 4 heteroatoms. The third kappa shape index (κ3) is 2.25. The molecule has 1 aromatic heterocycles. The van der Waals surface area contributed by atoms with Gasteiger partial charge in [0, 0.05) is 43.6 Å². The minimum atomic E-state index is 0.743. The van der Waals surface area contributed by atoms with Crippen molar-refractivity contribution in [3.05, 3.63) is 28.7 Å². The fraction of sp³-hybridized carbons (Fsp3) is 0.643. The fourth-order valence-corrected chi connectivity index (χ4v) is 4.05. The molecule has 3 rings (SSSR count). The summed E-state index contributed by atoms with van der Waals surface area (Å²) in [5.74, 6) is 0. The van der Waals surface area contributed by atoms with Crippen LogP contribution >= 0.6 is 11.3 Å². The number of aromatic nitrogens is 1. The van der Waals surface area contributed by atoms with Gasteiger partial charge in [0.25, 0.3) is 0 Å². The van der Waals surface area contributed by atoms with E-state index < -0.39 is 0 Å².